The van der Waals surface area contributed by atoms with Gasteiger partial charge in [-0.3, -0.25) is 9.59 Å². The Bertz CT molecular complexity index is 1810. The molecule has 1 unspecified atom stereocenters. The highest BCUT2D eigenvalue weighted by Gasteiger charge is 3.03. The fourth-order valence-corrected chi connectivity index (χ4v) is 12.1. The topological polar surface area (TPSA) is 166 Å². The maximum atomic E-state index is 13.8. The van der Waals surface area contributed by atoms with Gasteiger partial charge >= 0.3 is 23.9 Å². The van der Waals surface area contributed by atoms with Crippen LogP contribution in [0.5, 0.6) is 0 Å². The van der Waals surface area contributed by atoms with Gasteiger partial charge in [0.2, 0.25) is 5.60 Å². The smallest absolute Gasteiger partial charge is 0.333 e. The third-order valence-corrected chi connectivity index (χ3v) is 14.3. The standard InChI is InChI=1S/C38H46O13/c1-10-20(4)28(42)47-29-32(7)18-34(43)33(8,23(32)15-25(40)44-9)35-13-12-31(6)24(16-26(41)46-27(31)22-11-14-45-17-22)36(35)30(37(29,34)48-21(5)39)49-38(50-35,51-36)19(2)3/h10-11,14,16-17,19,23,27,29-30,43H,12-13,15,18H2,1-9H3/b20-10+/t23-,27-,29-,30-,31+,32-,33+,34+,35-,36+,37-,38?/m0/s1. The van der Waals surface area contributed by atoms with Crippen LogP contribution in [0, 0.1) is 28.1 Å². The number of carbonyl (C=O) groups is 4. The summed E-state index contributed by atoms with van der Waals surface area (Å²) in [5.74, 6) is -5.61. The van der Waals surface area contributed by atoms with Crippen LogP contribution in [0.2, 0.25) is 0 Å². The second-order valence-corrected chi connectivity index (χ2v) is 16.6. The van der Waals surface area contributed by atoms with Crippen LogP contribution in [0.25, 0.3) is 0 Å². The molecule has 13 heteroatoms. The van der Waals surface area contributed by atoms with E-state index in [1.165, 1.54) is 32.6 Å². The minimum atomic E-state index is -2.10. The lowest BCUT2D eigenvalue weighted by molar-refractivity contribution is -0.453. The molecule has 6 fully saturated rings. The Morgan fingerprint density at radius 1 is 1.12 bits per heavy atom. The van der Waals surface area contributed by atoms with Crippen molar-refractivity contribution in [1.82, 2.24) is 0 Å². The molecule has 1 N–H and O–H groups in total. The Morgan fingerprint density at radius 2 is 1.84 bits per heavy atom. The number of ether oxygens (including phenoxy) is 7. The second-order valence-electron chi connectivity index (χ2n) is 16.6. The lowest BCUT2D eigenvalue weighted by Gasteiger charge is -2.75. The van der Waals surface area contributed by atoms with E-state index in [0.29, 0.717) is 23.1 Å². The predicted molar refractivity (Wildman–Crippen MR) is 173 cm³/mol. The Morgan fingerprint density at radius 3 is 2.45 bits per heavy atom. The molecular weight excluding hydrogens is 664 g/mol. The maximum Gasteiger partial charge on any atom is 0.333 e. The number of methoxy groups -OCH3 is 1. The van der Waals surface area contributed by atoms with Crippen molar-refractivity contribution in [2.75, 3.05) is 7.11 Å². The van der Waals surface area contributed by atoms with E-state index in [1.54, 1.807) is 26.0 Å². The van der Waals surface area contributed by atoms with Gasteiger partial charge in [-0.15, -0.1) is 0 Å². The van der Waals surface area contributed by atoms with Crippen LogP contribution in [0.1, 0.15) is 92.7 Å². The van der Waals surface area contributed by atoms with Crippen molar-refractivity contribution in [3.63, 3.8) is 0 Å². The number of furan rings is 1. The zero-order valence-electron chi connectivity index (χ0n) is 30.4. The third-order valence-electron chi connectivity index (χ3n) is 14.3. The number of allylic oxidation sites excluding steroid dienone is 1. The van der Waals surface area contributed by atoms with E-state index < -0.39 is 98.6 Å². The van der Waals surface area contributed by atoms with Crippen LogP contribution in [0.3, 0.4) is 0 Å². The van der Waals surface area contributed by atoms with Crippen molar-refractivity contribution in [3.05, 3.63) is 47.5 Å². The monoisotopic (exact) mass is 710 g/mol. The van der Waals surface area contributed by atoms with Gasteiger partial charge in [0, 0.05) is 52.7 Å². The Kier molecular flexibility index (Phi) is 6.86. The zero-order chi connectivity index (χ0) is 36.9. The summed E-state index contributed by atoms with van der Waals surface area (Å²) >= 11 is 0. The number of rotatable bonds is 7. The van der Waals surface area contributed by atoms with Crippen LogP contribution >= 0.6 is 0 Å². The van der Waals surface area contributed by atoms with Crippen molar-refractivity contribution in [3.8, 4) is 0 Å². The Labute approximate surface area is 295 Å². The molecule has 7 aliphatic rings. The van der Waals surface area contributed by atoms with Gasteiger partial charge in [0.1, 0.15) is 23.4 Å². The van der Waals surface area contributed by atoms with E-state index in [9.17, 15) is 24.3 Å². The van der Waals surface area contributed by atoms with Gasteiger partial charge in [-0.05, 0) is 50.7 Å². The highest BCUT2D eigenvalue weighted by atomic mass is 17.0. The first-order valence-corrected chi connectivity index (χ1v) is 17.7. The number of carbonyl (C=O) groups excluding carboxylic acids is 4. The average molecular weight is 711 g/mol. The molecule has 13 nitrogen and oxygen atoms in total. The largest absolute Gasteiger partial charge is 0.472 e. The fraction of sp³-hybridized carbons (Fsp3) is 0.684. The molecule has 0 amide bonds. The third kappa shape index (κ3) is 3.48. The van der Waals surface area contributed by atoms with Gasteiger partial charge in [-0.2, -0.15) is 0 Å². The summed E-state index contributed by atoms with van der Waals surface area (Å²) < 4.78 is 51.2. The van der Waals surface area contributed by atoms with Gasteiger partial charge in [0.05, 0.1) is 19.6 Å². The number of aliphatic hydroxyl groups is 1. The van der Waals surface area contributed by atoms with Gasteiger partial charge in [-0.25, -0.2) is 9.59 Å². The summed E-state index contributed by atoms with van der Waals surface area (Å²) in [5.41, 5.74) is -9.46. The summed E-state index contributed by atoms with van der Waals surface area (Å²) in [7, 11) is 1.29. The van der Waals surface area contributed by atoms with E-state index in [2.05, 4.69) is 0 Å². The molecule has 1 spiro atoms. The first-order chi connectivity index (χ1) is 23.8. The van der Waals surface area contributed by atoms with E-state index in [1.807, 2.05) is 34.6 Å². The van der Waals surface area contributed by atoms with E-state index in [-0.39, 0.29) is 19.3 Å². The maximum absolute atomic E-state index is 13.8. The summed E-state index contributed by atoms with van der Waals surface area (Å²) in [4.78, 5) is 54.6. The Hall–Kier alpha value is -3.52. The van der Waals surface area contributed by atoms with Crippen molar-refractivity contribution in [2.45, 2.75) is 128 Å². The highest BCUT2D eigenvalue weighted by Crippen LogP contribution is 2.88. The number of cyclic esters (lactones) is 1. The summed E-state index contributed by atoms with van der Waals surface area (Å²) in [6.07, 6.45) is 3.00. The second kappa shape index (κ2) is 10.1. The lowest BCUT2D eigenvalue weighted by Crippen LogP contribution is -2.92. The van der Waals surface area contributed by atoms with E-state index in [0.717, 1.165) is 0 Å². The molecule has 0 radical (unpaired) electrons. The first kappa shape index (κ1) is 34.6. The molecule has 1 aromatic heterocycles. The molecular formula is C38H46O13. The molecule has 8 rings (SSSR count). The first-order valence-electron chi connectivity index (χ1n) is 17.7. The minimum Gasteiger partial charge on any atom is -0.472 e. The molecule has 4 aliphatic carbocycles. The van der Waals surface area contributed by atoms with E-state index in [4.69, 9.17) is 37.6 Å². The molecule has 2 saturated heterocycles. The molecule has 3 aliphatic heterocycles. The predicted octanol–water partition coefficient (Wildman–Crippen LogP) is 4.37. The summed E-state index contributed by atoms with van der Waals surface area (Å²) in [5, 5.41) is 13.7. The quantitative estimate of drug-likeness (QED) is 0.241. The van der Waals surface area contributed by atoms with Crippen LogP contribution in [0.15, 0.2) is 46.3 Å². The average Bonchev–Trinajstić information content (AvgIpc) is 3.86. The summed E-state index contributed by atoms with van der Waals surface area (Å²) in [6, 6.07) is 1.74. The summed E-state index contributed by atoms with van der Waals surface area (Å²) in [6.45, 7) is 13.9. The Balaban J connectivity index is 1.48. The number of hydrogen-bond acceptors (Lipinski definition) is 13. The molecule has 1 aromatic rings. The van der Waals surface area contributed by atoms with Gasteiger partial charge in [0.25, 0.3) is 5.97 Å². The molecule has 12 atom stereocenters. The number of fused-ring (bicyclic) bond motifs is 4. The van der Waals surface area contributed by atoms with Crippen molar-refractivity contribution in [1.29, 1.82) is 0 Å². The molecule has 4 bridgehead atoms. The SMILES string of the molecule is C/C=C(\C)C(=O)O[C@H]1[C@@]2(C)C[C@]3(O)[C@@]1(OC(C)=O)[C@H]1OC4(C(C)C)O[C@@]5(CC[C@]6(C)C(=CC(=O)O[C@H]6c6ccoc6)[C@@]15O4)[C@]3(C)[C@H]2CC(=O)OC. The van der Waals surface area contributed by atoms with Gasteiger partial charge in [-0.1, -0.05) is 40.7 Å². The molecule has 4 saturated carbocycles. The zero-order valence-corrected chi connectivity index (χ0v) is 30.4. The van der Waals surface area contributed by atoms with Crippen LogP contribution < -0.4 is 0 Å². The minimum absolute atomic E-state index is 0.0377. The highest BCUT2D eigenvalue weighted by molar-refractivity contribution is 5.88. The molecule has 0 aromatic carbocycles. The fourth-order valence-electron chi connectivity index (χ4n) is 12.1. The van der Waals surface area contributed by atoms with Crippen LogP contribution in [-0.2, 0) is 52.3 Å². The number of esters is 4. The van der Waals surface area contributed by atoms with Crippen LogP contribution in [-0.4, -0.2) is 76.7 Å². The van der Waals surface area contributed by atoms with Crippen LogP contribution in [0.4, 0.5) is 0 Å². The van der Waals surface area contributed by atoms with Gasteiger partial charge in [0.15, 0.2) is 11.7 Å². The van der Waals surface area contributed by atoms with E-state index >= 15 is 0 Å². The van der Waals surface area contributed by atoms with Gasteiger partial charge < -0.3 is 42.7 Å². The van der Waals surface area contributed by atoms with Crippen molar-refractivity contribution in [2.24, 2.45) is 28.1 Å². The molecule has 51 heavy (non-hydrogen) atoms. The lowest BCUT2D eigenvalue weighted by atomic mass is 9.34. The molecule has 276 valence electrons. The number of hydrogen-bond donors (Lipinski definition) is 1. The van der Waals surface area contributed by atoms with Crippen molar-refractivity contribution < 1.29 is 61.9 Å². The normalized spacial score (nSPS) is 48.5. The van der Waals surface area contributed by atoms with Crippen molar-refractivity contribution >= 4 is 23.9 Å². The molecule has 4 heterocycles.